The van der Waals surface area contributed by atoms with Crippen molar-refractivity contribution in [1.82, 2.24) is 5.32 Å². The highest BCUT2D eigenvalue weighted by Gasteiger charge is 2.45. The lowest BCUT2D eigenvalue weighted by atomic mass is 10.2. The van der Waals surface area contributed by atoms with E-state index in [0.29, 0.717) is 13.2 Å². The number of nitrogens with one attached hydrogen (secondary N) is 1. The van der Waals surface area contributed by atoms with Crippen LogP contribution in [0.5, 0.6) is 11.5 Å². The number of ether oxygens (including phenoxy) is 2. The van der Waals surface area contributed by atoms with E-state index in [2.05, 4.69) is 5.32 Å². The second-order valence-electron chi connectivity index (χ2n) is 4.79. The molecular weight excluding hydrogens is 280 g/mol. The van der Waals surface area contributed by atoms with Crippen molar-refractivity contribution in [2.45, 2.75) is 24.8 Å². The van der Waals surface area contributed by atoms with Gasteiger partial charge in [-0.15, -0.1) is 12.4 Å². The van der Waals surface area contributed by atoms with Gasteiger partial charge in [-0.05, 0) is 43.5 Å². The van der Waals surface area contributed by atoms with E-state index in [-0.39, 0.29) is 18.3 Å². The van der Waals surface area contributed by atoms with Crippen molar-refractivity contribution in [2.75, 3.05) is 20.3 Å². The smallest absolute Gasteiger partial charge is 0.240 e. The van der Waals surface area contributed by atoms with Crippen molar-refractivity contribution >= 4 is 18.3 Å². The minimum absolute atomic E-state index is 0. The van der Waals surface area contributed by atoms with Gasteiger partial charge in [-0.2, -0.15) is 0 Å². The van der Waals surface area contributed by atoms with Crippen LogP contribution in [0.1, 0.15) is 19.3 Å². The molecule has 0 bridgehead atoms. The average Bonchev–Trinajstić information content (AvgIpc) is 3.18. The maximum absolute atomic E-state index is 11.5. The fourth-order valence-electron chi connectivity index (χ4n) is 1.67. The second kappa shape index (κ2) is 7.36. The number of carbonyl (C=O) groups is 1. The molecule has 0 spiro atoms. The summed E-state index contributed by atoms with van der Waals surface area (Å²) in [4.78, 5) is 11.5. The molecule has 1 amide bonds. The van der Waals surface area contributed by atoms with Crippen LogP contribution in [0.2, 0.25) is 0 Å². The molecule has 1 saturated carbocycles. The number of hydrogen-bond donors (Lipinski definition) is 2. The Hall–Kier alpha value is -1.46. The molecule has 2 rings (SSSR count). The molecule has 3 N–H and O–H groups in total. The molecule has 0 radical (unpaired) electrons. The van der Waals surface area contributed by atoms with E-state index >= 15 is 0 Å². The van der Waals surface area contributed by atoms with Gasteiger partial charge in [0.15, 0.2) is 0 Å². The first-order chi connectivity index (χ1) is 9.14. The van der Waals surface area contributed by atoms with Crippen molar-refractivity contribution in [1.29, 1.82) is 0 Å². The van der Waals surface area contributed by atoms with Crippen LogP contribution in [0.25, 0.3) is 0 Å². The fourth-order valence-corrected chi connectivity index (χ4v) is 1.67. The predicted octanol–water partition coefficient (Wildman–Crippen LogP) is 1.49. The first-order valence-electron chi connectivity index (χ1n) is 6.48. The third-order valence-electron chi connectivity index (χ3n) is 3.18. The SMILES string of the molecule is COc1ccc(OCCCNC(=O)C2(N)CC2)cc1.Cl. The predicted molar refractivity (Wildman–Crippen MR) is 79.5 cm³/mol. The van der Waals surface area contributed by atoms with Crippen molar-refractivity contribution in [3.05, 3.63) is 24.3 Å². The van der Waals surface area contributed by atoms with Gasteiger partial charge in [0.25, 0.3) is 0 Å². The summed E-state index contributed by atoms with van der Waals surface area (Å²) in [7, 11) is 1.63. The molecule has 0 atom stereocenters. The maximum atomic E-state index is 11.5. The zero-order chi connectivity index (χ0) is 13.7. The highest BCUT2D eigenvalue weighted by Crippen LogP contribution is 2.31. The molecule has 0 saturated heterocycles. The topological polar surface area (TPSA) is 73.6 Å². The first kappa shape index (κ1) is 16.6. The molecule has 1 aromatic carbocycles. The van der Waals surface area contributed by atoms with E-state index in [0.717, 1.165) is 30.8 Å². The summed E-state index contributed by atoms with van der Waals surface area (Å²) in [5.41, 5.74) is 5.18. The molecular formula is C14H21ClN2O3. The van der Waals surface area contributed by atoms with Gasteiger partial charge in [0, 0.05) is 6.54 Å². The summed E-state index contributed by atoms with van der Waals surface area (Å²) in [6.07, 6.45) is 2.34. The van der Waals surface area contributed by atoms with Crippen LogP contribution in [0.3, 0.4) is 0 Å². The Labute approximate surface area is 125 Å². The zero-order valence-corrected chi connectivity index (χ0v) is 12.4. The lowest BCUT2D eigenvalue weighted by molar-refractivity contribution is -0.123. The normalized spacial score (nSPS) is 14.9. The van der Waals surface area contributed by atoms with Crippen molar-refractivity contribution in [3.63, 3.8) is 0 Å². The number of amides is 1. The van der Waals surface area contributed by atoms with Crippen molar-refractivity contribution in [3.8, 4) is 11.5 Å². The standard InChI is InChI=1S/C14H20N2O3.ClH/c1-18-11-3-5-12(6-4-11)19-10-2-9-16-13(17)14(15)7-8-14;/h3-6H,2,7-10,15H2,1H3,(H,16,17);1H. The van der Waals surface area contributed by atoms with Gasteiger partial charge >= 0.3 is 0 Å². The van der Waals surface area contributed by atoms with Crippen molar-refractivity contribution in [2.24, 2.45) is 5.73 Å². The second-order valence-corrected chi connectivity index (χ2v) is 4.79. The Morgan fingerprint density at radius 2 is 1.90 bits per heavy atom. The average molecular weight is 301 g/mol. The Morgan fingerprint density at radius 1 is 1.30 bits per heavy atom. The highest BCUT2D eigenvalue weighted by molar-refractivity contribution is 5.88. The van der Waals surface area contributed by atoms with Crippen LogP contribution >= 0.6 is 12.4 Å². The summed E-state index contributed by atoms with van der Waals surface area (Å²) in [6, 6.07) is 7.41. The van der Waals surface area contributed by atoms with Crippen molar-refractivity contribution < 1.29 is 14.3 Å². The molecule has 1 aliphatic rings. The lowest BCUT2D eigenvalue weighted by Gasteiger charge is -2.10. The Morgan fingerprint density at radius 3 is 2.45 bits per heavy atom. The number of carbonyl (C=O) groups excluding carboxylic acids is 1. The van der Waals surface area contributed by atoms with Gasteiger partial charge in [-0.25, -0.2) is 0 Å². The minimum atomic E-state index is -0.586. The molecule has 0 aliphatic heterocycles. The van der Waals surface area contributed by atoms with Crippen LogP contribution in [0.4, 0.5) is 0 Å². The third kappa shape index (κ3) is 4.58. The molecule has 5 nitrogen and oxygen atoms in total. The lowest BCUT2D eigenvalue weighted by Crippen LogP contribution is -2.43. The minimum Gasteiger partial charge on any atom is -0.497 e. The zero-order valence-electron chi connectivity index (χ0n) is 11.6. The fraction of sp³-hybridized carbons (Fsp3) is 0.500. The summed E-state index contributed by atoms with van der Waals surface area (Å²) in [5.74, 6) is 1.55. The summed E-state index contributed by atoms with van der Waals surface area (Å²) < 4.78 is 10.6. The number of nitrogens with two attached hydrogens (primary N) is 1. The Kier molecular flexibility index (Phi) is 6.10. The van der Waals surface area contributed by atoms with E-state index in [1.165, 1.54) is 0 Å². The third-order valence-corrected chi connectivity index (χ3v) is 3.18. The maximum Gasteiger partial charge on any atom is 0.240 e. The van der Waals surface area contributed by atoms with Gasteiger partial charge < -0.3 is 20.5 Å². The van der Waals surface area contributed by atoms with Crippen LogP contribution in [0.15, 0.2) is 24.3 Å². The van der Waals surface area contributed by atoms with Gasteiger partial charge in [-0.1, -0.05) is 0 Å². The van der Waals surface area contributed by atoms with Gasteiger partial charge in [0.1, 0.15) is 11.5 Å². The molecule has 1 fully saturated rings. The monoisotopic (exact) mass is 300 g/mol. The van der Waals surface area contributed by atoms with E-state index in [1.807, 2.05) is 24.3 Å². The van der Waals surface area contributed by atoms with Crippen LogP contribution in [-0.4, -0.2) is 31.7 Å². The Bertz CT molecular complexity index is 433. The van der Waals surface area contributed by atoms with E-state index < -0.39 is 5.54 Å². The van der Waals surface area contributed by atoms with Crippen LogP contribution in [0, 0.1) is 0 Å². The van der Waals surface area contributed by atoms with Crippen LogP contribution < -0.4 is 20.5 Å². The molecule has 0 heterocycles. The molecule has 0 aromatic heterocycles. The molecule has 1 aromatic rings. The summed E-state index contributed by atoms with van der Waals surface area (Å²) in [6.45, 7) is 1.15. The number of hydrogen-bond acceptors (Lipinski definition) is 4. The number of benzene rings is 1. The first-order valence-corrected chi connectivity index (χ1v) is 6.48. The number of halogens is 1. The number of rotatable bonds is 7. The van der Waals surface area contributed by atoms with Gasteiger partial charge in [0.2, 0.25) is 5.91 Å². The molecule has 112 valence electrons. The molecule has 20 heavy (non-hydrogen) atoms. The number of methoxy groups -OCH3 is 1. The molecule has 1 aliphatic carbocycles. The van der Waals surface area contributed by atoms with Crippen LogP contribution in [-0.2, 0) is 4.79 Å². The largest absolute Gasteiger partial charge is 0.497 e. The van der Waals surface area contributed by atoms with Gasteiger partial charge in [0.05, 0.1) is 19.3 Å². The highest BCUT2D eigenvalue weighted by atomic mass is 35.5. The van der Waals surface area contributed by atoms with E-state index in [9.17, 15) is 4.79 Å². The van der Waals surface area contributed by atoms with E-state index in [1.54, 1.807) is 7.11 Å². The molecule has 6 heteroatoms. The van der Waals surface area contributed by atoms with Gasteiger partial charge in [-0.3, -0.25) is 4.79 Å². The molecule has 0 unspecified atom stereocenters. The quantitative estimate of drug-likeness (QED) is 0.748. The van der Waals surface area contributed by atoms with E-state index in [4.69, 9.17) is 15.2 Å². The summed E-state index contributed by atoms with van der Waals surface area (Å²) in [5, 5.41) is 2.83. The summed E-state index contributed by atoms with van der Waals surface area (Å²) >= 11 is 0. The Balaban J connectivity index is 0.00000200.